The van der Waals surface area contributed by atoms with Crippen molar-refractivity contribution in [2.45, 2.75) is 51.6 Å². The van der Waals surface area contributed by atoms with E-state index in [4.69, 9.17) is 9.47 Å². The lowest BCUT2D eigenvalue weighted by atomic mass is 9.96. The maximum Gasteiger partial charge on any atom is 0.317 e. The van der Waals surface area contributed by atoms with Crippen LogP contribution in [0.3, 0.4) is 0 Å². The molecule has 0 aromatic heterocycles. The molecule has 2 rings (SSSR count). The van der Waals surface area contributed by atoms with Gasteiger partial charge >= 0.3 is 12.0 Å². The van der Waals surface area contributed by atoms with Crippen LogP contribution in [-0.4, -0.2) is 43.7 Å². The van der Waals surface area contributed by atoms with Gasteiger partial charge in [-0.2, -0.15) is 0 Å². The van der Waals surface area contributed by atoms with Gasteiger partial charge in [-0.15, -0.1) is 0 Å². The van der Waals surface area contributed by atoms with E-state index in [0.717, 1.165) is 37.0 Å². The van der Waals surface area contributed by atoms with Gasteiger partial charge < -0.3 is 19.7 Å². The molecule has 1 aliphatic carbocycles. The third-order valence-corrected chi connectivity index (χ3v) is 4.85. The van der Waals surface area contributed by atoms with Crippen LogP contribution in [0, 0.1) is 5.92 Å². The summed E-state index contributed by atoms with van der Waals surface area (Å²) < 4.78 is 9.99. The lowest BCUT2D eigenvalue weighted by Gasteiger charge is -2.29. The lowest BCUT2D eigenvalue weighted by Crippen LogP contribution is -2.47. The summed E-state index contributed by atoms with van der Waals surface area (Å²) in [7, 11) is 2.99. The Morgan fingerprint density at radius 2 is 1.81 bits per heavy atom. The largest absolute Gasteiger partial charge is 0.497 e. The van der Waals surface area contributed by atoms with Crippen LogP contribution in [0.4, 0.5) is 4.79 Å². The fourth-order valence-electron chi connectivity index (χ4n) is 3.29. The number of amides is 2. The topological polar surface area (TPSA) is 67.9 Å². The van der Waals surface area contributed by atoms with E-state index in [-0.39, 0.29) is 24.0 Å². The molecule has 2 amide bonds. The Bertz CT molecular complexity index is 582. The van der Waals surface area contributed by atoms with Crippen molar-refractivity contribution in [3.05, 3.63) is 29.8 Å². The molecule has 1 atom stereocenters. The highest BCUT2D eigenvalue weighted by molar-refractivity contribution is 5.76. The Hall–Kier alpha value is -2.24. The molecule has 1 N–H and O–H groups in total. The number of carbonyl (C=O) groups excluding carboxylic acids is 2. The molecule has 1 aromatic carbocycles. The van der Waals surface area contributed by atoms with E-state index in [9.17, 15) is 9.59 Å². The van der Waals surface area contributed by atoms with Crippen molar-refractivity contribution in [1.29, 1.82) is 0 Å². The van der Waals surface area contributed by atoms with Gasteiger partial charge in [-0.1, -0.05) is 38.3 Å². The average Bonchev–Trinajstić information content (AvgIpc) is 2.68. The minimum Gasteiger partial charge on any atom is -0.497 e. The maximum absolute atomic E-state index is 12.8. The number of ether oxygens (including phenoxy) is 2. The van der Waals surface area contributed by atoms with Gasteiger partial charge in [-0.25, -0.2) is 4.79 Å². The molecule has 1 aliphatic rings. The van der Waals surface area contributed by atoms with Crippen molar-refractivity contribution in [1.82, 2.24) is 10.2 Å². The Morgan fingerprint density at radius 3 is 2.38 bits per heavy atom. The van der Waals surface area contributed by atoms with Crippen molar-refractivity contribution in [2.75, 3.05) is 20.8 Å². The highest BCUT2D eigenvalue weighted by Crippen LogP contribution is 2.19. The first-order valence-electron chi connectivity index (χ1n) is 9.29. The summed E-state index contributed by atoms with van der Waals surface area (Å²) in [6.07, 6.45) is 5.59. The molecule has 0 aliphatic heterocycles. The van der Waals surface area contributed by atoms with E-state index in [0.29, 0.717) is 13.1 Å². The molecule has 26 heavy (non-hydrogen) atoms. The number of rotatable bonds is 7. The quantitative estimate of drug-likeness (QED) is 0.756. The number of carbonyl (C=O) groups is 2. The maximum atomic E-state index is 12.8. The fourth-order valence-corrected chi connectivity index (χ4v) is 3.29. The number of nitrogens with zero attached hydrogens (tertiary/aromatic N) is 1. The summed E-state index contributed by atoms with van der Waals surface area (Å²) in [5.41, 5.74) is 0.988. The molecule has 1 saturated carbocycles. The van der Waals surface area contributed by atoms with Crippen molar-refractivity contribution < 1.29 is 19.1 Å². The third kappa shape index (κ3) is 5.93. The number of nitrogens with one attached hydrogen (secondary N) is 1. The average molecular weight is 362 g/mol. The van der Waals surface area contributed by atoms with Gasteiger partial charge in [-0.05, 0) is 30.5 Å². The van der Waals surface area contributed by atoms with E-state index in [1.807, 2.05) is 24.3 Å². The summed E-state index contributed by atoms with van der Waals surface area (Å²) in [6.45, 7) is 2.53. The van der Waals surface area contributed by atoms with Gasteiger partial charge in [0, 0.05) is 19.1 Å². The summed E-state index contributed by atoms with van der Waals surface area (Å²) in [4.78, 5) is 26.3. The molecule has 6 nitrogen and oxygen atoms in total. The van der Waals surface area contributed by atoms with E-state index in [1.54, 1.807) is 18.9 Å². The standard InChI is InChI=1S/C20H30N2O4/c1-15(19(23)26-3)13-22(14-16-9-11-18(25-2)12-10-16)20(24)21-17-7-5-4-6-8-17/h9-12,15,17H,4-8,13-14H2,1-3H3,(H,21,24). The minimum absolute atomic E-state index is 0.122. The fraction of sp³-hybridized carbons (Fsp3) is 0.600. The number of hydrogen-bond acceptors (Lipinski definition) is 4. The zero-order valence-electron chi connectivity index (χ0n) is 16.0. The van der Waals surface area contributed by atoms with Crippen LogP contribution in [-0.2, 0) is 16.1 Å². The molecule has 1 unspecified atom stereocenters. The highest BCUT2D eigenvalue weighted by Gasteiger charge is 2.24. The van der Waals surface area contributed by atoms with Gasteiger partial charge in [0.1, 0.15) is 5.75 Å². The van der Waals surface area contributed by atoms with Crippen LogP contribution < -0.4 is 10.1 Å². The summed E-state index contributed by atoms with van der Waals surface area (Å²) in [6, 6.07) is 7.71. The first-order valence-corrected chi connectivity index (χ1v) is 9.29. The second kappa shape index (κ2) is 10.0. The number of benzene rings is 1. The van der Waals surface area contributed by atoms with E-state index >= 15 is 0 Å². The molecular weight excluding hydrogens is 332 g/mol. The second-order valence-electron chi connectivity index (χ2n) is 6.94. The van der Waals surface area contributed by atoms with Crippen LogP contribution in [0.1, 0.15) is 44.6 Å². The molecule has 1 fully saturated rings. The zero-order valence-corrected chi connectivity index (χ0v) is 16.0. The Balaban J connectivity index is 2.05. The van der Waals surface area contributed by atoms with Crippen LogP contribution in [0.15, 0.2) is 24.3 Å². The van der Waals surface area contributed by atoms with Crippen molar-refractivity contribution >= 4 is 12.0 Å². The predicted octanol–water partition coefficient (Wildman–Crippen LogP) is 3.35. The van der Waals surface area contributed by atoms with Crippen LogP contribution in [0.5, 0.6) is 5.75 Å². The third-order valence-electron chi connectivity index (χ3n) is 4.85. The summed E-state index contributed by atoms with van der Waals surface area (Å²) in [5, 5.41) is 3.13. The van der Waals surface area contributed by atoms with Gasteiger partial charge in [0.15, 0.2) is 0 Å². The second-order valence-corrected chi connectivity index (χ2v) is 6.94. The molecule has 0 heterocycles. The monoisotopic (exact) mass is 362 g/mol. The van der Waals surface area contributed by atoms with Crippen molar-refractivity contribution in [3.63, 3.8) is 0 Å². The molecular formula is C20H30N2O4. The number of urea groups is 1. The molecule has 6 heteroatoms. The summed E-state index contributed by atoms with van der Waals surface area (Å²) in [5.74, 6) is 0.0837. The van der Waals surface area contributed by atoms with Gasteiger partial charge in [0.25, 0.3) is 0 Å². The number of hydrogen-bond donors (Lipinski definition) is 1. The zero-order chi connectivity index (χ0) is 18.9. The first kappa shape index (κ1) is 20.1. The Kier molecular flexibility index (Phi) is 7.75. The van der Waals surface area contributed by atoms with E-state index < -0.39 is 0 Å². The molecule has 144 valence electrons. The van der Waals surface area contributed by atoms with Gasteiger partial charge in [0.2, 0.25) is 0 Å². The number of methoxy groups -OCH3 is 2. The smallest absolute Gasteiger partial charge is 0.317 e. The molecule has 0 spiro atoms. The minimum atomic E-state index is -0.379. The first-order chi connectivity index (χ1) is 12.5. The highest BCUT2D eigenvalue weighted by atomic mass is 16.5. The van der Waals surface area contributed by atoms with E-state index in [2.05, 4.69) is 5.32 Å². The van der Waals surface area contributed by atoms with Crippen LogP contribution in [0.2, 0.25) is 0 Å². The Morgan fingerprint density at radius 1 is 1.15 bits per heavy atom. The summed E-state index contributed by atoms with van der Waals surface area (Å²) >= 11 is 0. The van der Waals surface area contributed by atoms with E-state index in [1.165, 1.54) is 13.5 Å². The molecule has 0 bridgehead atoms. The normalized spacial score (nSPS) is 15.8. The van der Waals surface area contributed by atoms with Crippen LogP contribution in [0.25, 0.3) is 0 Å². The van der Waals surface area contributed by atoms with Crippen molar-refractivity contribution in [3.8, 4) is 5.75 Å². The molecule has 0 radical (unpaired) electrons. The number of esters is 1. The molecule has 0 saturated heterocycles. The van der Waals surface area contributed by atoms with Crippen LogP contribution >= 0.6 is 0 Å². The molecule has 1 aromatic rings. The predicted molar refractivity (Wildman–Crippen MR) is 100.0 cm³/mol. The van der Waals surface area contributed by atoms with Crippen molar-refractivity contribution in [2.24, 2.45) is 5.92 Å². The SMILES string of the molecule is COC(=O)C(C)CN(Cc1ccc(OC)cc1)C(=O)NC1CCCCC1. The van der Waals surface area contributed by atoms with Gasteiger partial charge in [-0.3, -0.25) is 4.79 Å². The van der Waals surface area contributed by atoms with Gasteiger partial charge in [0.05, 0.1) is 20.1 Å². The lowest BCUT2D eigenvalue weighted by molar-refractivity contribution is -0.145. The Labute approximate surface area is 155 Å².